The van der Waals surface area contributed by atoms with E-state index in [1.165, 1.54) is 11.9 Å². The molecule has 0 aliphatic carbocycles. The van der Waals surface area contributed by atoms with Crippen molar-refractivity contribution in [3.8, 4) is 17.2 Å². The molecule has 0 bridgehead atoms. The second-order valence-electron chi connectivity index (χ2n) is 5.91. The van der Waals surface area contributed by atoms with Gasteiger partial charge < -0.3 is 14.2 Å². The summed E-state index contributed by atoms with van der Waals surface area (Å²) in [5, 5.41) is 6.07. The number of carbonyl (C=O) groups is 1. The second kappa shape index (κ2) is 7.47. The number of benzene rings is 2. The zero-order valence-corrected chi connectivity index (χ0v) is 15.4. The molecule has 0 spiro atoms. The maximum absolute atomic E-state index is 12.3. The van der Waals surface area contributed by atoms with Gasteiger partial charge in [0.2, 0.25) is 5.91 Å². The highest BCUT2D eigenvalue weighted by Gasteiger charge is 2.36. The molecule has 1 aliphatic rings. The lowest BCUT2D eigenvalue weighted by molar-refractivity contribution is -0.130. The summed E-state index contributed by atoms with van der Waals surface area (Å²) in [6.45, 7) is 1.50. The summed E-state index contributed by atoms with van der Waals surface area (Å²) in [7, 11) is 4.83. The molecule has 1 unspecified atom stereocenters. The number of hydrazone groups is 1. The van der Waals surface area contributed by atoms with Gasteiger partial charge in [-0.3, -0.25) is 4.79 Å². The first-order valence-corrected chi connectivity index (χ1v) is 8.32. The van der Waals surface area contributed by atoms with Gasteiger partial charge in [0.05, 0.1) is 38.6 Å². The molecule has 2 aromatic carbocycles. The first kappa shape index (κ1) is 17.8. The van der Waals surface area contributed by atoms with Gasteiger partial charge in [0.15, 0.2) is 0 Å². The standard InChI is InChI=1S/C20H22N2O4/c1-13(23)22-16(20-18(25-3)10-7-11-19(20)26-4)12-15(21-22)14-8-5-6-9-17(14)24-2/h5-11,16H,12H2,1-4H3. The lowest BCUT2D eigenvalue weighted by Gasteiger charge is -2.24. The maximum atomic E-state index is 12.3. The Morgan fingerprint density at radius 1 is 0.962 bits per heavy atom. The van der Waals surface area contributed by atoms with Gasteiger partial charge in [0.1, 0.15) is 17.2 Å². The smallest absolute Gasteiger partial charge is 0.240 e. The molecule has 0 N–H and O–H groups in total. The van der Waals surface area contributed by atoms with Gasteiger partial charge in [-0.25, -0.2) is 5.01 Å². The minimum atomic E-state index is -0.307. The van der Waals surface area contributed by atoms with E-state index in [-0.39, 0.29) is 11.9 Å². The Hall–Kier alpha value is -3.02. The van der Waals surface area contributed by atoms with Crippen LogP contribution in [0, 0.1) is 0 Å². The number of hydrogen-bond acceptors (Lipinski definition) is 5. The number of rotatable bonds is 5. The van der Waals surface area contributed by atoms with Crippen molar-refractivity contribution in [3.63, 3.8) is 0 Å². The molecule has 1 amide bonds. The number of amides is 1. The third-order valence-electron chi connectivity index (χ3n) is 4.45. The Morgan fingerprint density at radius 3 is 2.12 bits per heavy atom. The van der Waals surface area contributed by atoms with Gasteiger partial charge in [0, 0.05) is 18.9 Å². The summed E-state index contributed by atoms with van der Waals surface area (Å²) in [5.41, 5.74) is 2.47. The van der Waals surface area contributed by atoms with E-state index in [1.54, 1.807) is 21.3 Å². The first-order valence-electron chi connectivity index (χ1n) is 8.32. The van der Waals surface area contributed by atoms with Crippen molar-refractivity contribution in [2.75, 3.05) is 21.3 Å². The molecule has 6 heteroatoms. The van der Waals surface area contributed by atoms with Crippen molar-refractivity contribution in [3.05, 3.63) is 53.6 Å². The largest absolute Gasteiger partial charge is 0.496 e. The van der Waals surface area contributed by atoms with E-state index in [0.717, 1.165) is 22.6 Å². The van der Waals surface area contributed by atoms with E-state index < -0.39 is 0 Å². The molecule has 136 valence electrons. The Kier molecular flexibility index (Phi) is 5.11. The zero-order chi connectivity index (χ0) is 18.7. The Morgan fingerprint density at radius 2 is 1.54 bits per heavy atom. The van der Waals surface area contributed by atoms with Crippen LogP contribution in [0.4, 0.5) is 0 Å². The molecule has 1 atom stereocenters. The molecule has 3 rings (SSSR count). The lowest BCUT2D eigenvalue weighted by Crippen LogP contribution is -2.25. The Balaban J connectivity index is 2.07. The predicted octanol–water partition coefficient (Wildman–Crippen LogP) is 3.41. The number of ether oxygens (including phenoxy) is 3. The van der Waals surface area contributed by atoms with Crippen molar-refractivity contribution in [1.29, 1.82) is 0 Å². The molecule has 0 saturated heterocycles. The van der Waals surface area contributed by atoms with Crippen LogP contribution in [0.1, 0.15) is 30.5 Å². The predicted molar refractivity (Wildman–Crippen MR) is 99.0 cm³/mol. The summed E-state index contributed by atoms with van der Waals surface area (Å²) in [6.07, 6.45) is 0.538. The zero-order valence-electron chi connectivity index (χ0n) is 15.4. The molecule has 1 heterocycles. The molecule has 0 aromatic heterocycles. The van der Waals surface area contributed by atoms with Crippen LogP contribution < -0.4 is 14.2 Å². The number of nitrogens with zero attached hydrogens (tertiary/aromatic N) is 2. The fourth-order valence-corrected chi connectivity index (χ4v) is 3.28. The van der Waals surface area contributed by atoms with E-state index in [2.05, 4.69) is 5.10 Å². The quantitative estimate of drug-likeness (QED) is 0.826. The summed E-state index contributed by atoms with van der Waals surface area (Å²) >= 11 is 0. The molecular weight excluding hydrogens is 332 g/mol. The Bertz CT molecular complexity index is 825. The van der Waals surface area contributed by atoms with Crippen molar-refractivity contribution in [1.82, 2.24) is 5.01 Å². The molecule has 0 fully saturated rings. The highest BCUT2D eigenvalue weighted by atomic mass is 16.5. The number of para-hydroxylation sites is 1. The molecule has 0 radical (unpaired) electrons. The minimum Gasteiger partial charge on any atom is -0.496 e. The van der Waals surface area contributed by atoms with E-state index in [0.29, 0.717) is 17.9 Å². The minimum absolute atomic E-state index is 0.146. The van der Waals surface area contributed by atoms with Gasteiger partial charge in [-0.1, -0.05) is 18.2 Å². The van der Waals surface area contributed by atoms with Crippen LogP contribution in [0.25, 0.3) is 0 Å². The van der Waals surface area contributed by atoms with Gasteiger partial charge in [-0.15, -0.1) is 0 Å². The van der Waals surface area contributed by atoms with Gasteiger partial charge in [-0.2, -0.15) is 5.10 Å². The number of hydrogen-bond donors (Lipinski definition) is 0. The van der Waals surface area contributed by atoms with Crippen LogP contribution >= 0.6 is 0 Å². The van der Waals surface area contributed by atoms with E-state index in [9.17, 15) is 4.79 Å². The molecule has 26 heavy (non-hydrogen) atoms. The summed E-state index contributed by atoms with van der Waals surface area (Å²) in [5.74, 6) is 1.91. The van der Waals surface area contributed by atoms with Crippen LogP contribution in [-0.2, 0) is 4.79 Å². The first-order chi connectivity index (χ1) is 12.6. The maximum Gasteiger partial charge on any atom is 0.240 e. The molecule has 1 aliphatic heterocycles. The van der Waals surface area contributed by atoms with E-state index >= 15 is 0 Å². The Labute approximate surface area is 153 Å². The lowest BCUT2D eigenvalue weighted by atomic mass is 9.96. The molecule has 6 nitrogen and oxygen atoms in total. The molecule has 2 aromatic rings. The monoisotopic (exact) mass is 354 g/mol. The topological polar surface area (TPSA) is 60.4 Å². The normalized spacial score (nSPS) is 16.2. The fourth-order valence-electron chi connectivity index (χ4n) is 3.28. The number of carbonyl (C=O) groups excluding carboxylic acids is 1. The molecule has 0 saturated carbocycles. The highest BCUT2D eigenvalue weighted by molar-refractivity contribution is 6.05. The van der Waals surface area contributed by atoms with E-state index in [4.69, 9.17) is 14.2 Å². The van der Waals surface area contributed by atoms with Crippen LogP contribution in [0.3, 0.4) is 0 Å². The van der Waals surface area contributed by atoms with Crippen LogP contribution in [-0.4, -0.2) is 38.0 Å². The fraction of sp³-hybridized carbons (Fsp3) is 0.300. The summed E-state index contributed by atoms with van der Waals surface area (Å²) < 4.78 is 16.5. The van der Waals surface area contributed by atoms with Crippen LogP contribution in [0.15, 0.2) is 47.6 Å². The van der Waals surface area contributed by atoms with Crippen LogP contribution in [0.5, 0.6) is 17.2 Å². The third-order valence-corrected chi connectivity index (χ3v) is 4.45. The third kappa shape index (κ3) is 3.10. The van der Waals surface area contributed by atoms with Crippen molar-refractivity contribution in [2.24, 2.45) is 5.10 Å². The summed E-state index contributed by atoms with van der Waals surface area (Å²) in [6, 6.07) is 12.9. The highest BCUT2D eigenvalue weighted by Crippen LogP contribution is 2.43. The van der Waals surface area contributed by atoms with Crippen LogP contribution in [0.2, 0.25) is 0 Å². The SMILES string of the molecule is COc1ccccc1C1=NN(C(C)=O)C(c2c(OC)cccc2OC)C1. The number of methoxy groups -OCH3 is 3. The summed E-state index contributed by atoms with van der Waals surface area (Å²) in [4.78, 5) is 12.3. The molecular formula is C20H22N2O4. The van der Waals surface area contributed by atoms with Crippen molar-refractivity contribution >= 4 is 11.6 Å². The second-order valence-corrected chi connectivity index (χ2v) is 5.91. The van der Waals surface area contributed by atoms with Crippen molar-refractivity contribution in [2.45, 2.75) is 19.4 Å². The van der Waals surface area contributed by atoms with Gasteiger partial charge in [0.25, 0.3) is 0 Å². The van der Waals surface area contributed by atoms with Crippen molar-refractivity contribution < 1.29 is 19.0 Å². The van der Waals surface area contributed by atoms with Gasteiger partial charge >= 0.3 is 0 Å². The van der Waals surface area contributed by atoms with E-state index in [1.807, 2.05) is 42.5 Å². The van der Waals surface area contributed by atoms with Gasteiger partial charge in [-0.05, 0) is 24.3 Å². The average molecular weight is 354 g/mol. The average Bonchev–Trinajstić information content (AvgIpc) is 3.12.